The maximum Gasteiger partial charge on any atom is 0.278 e. The second-order valence-electron chi connectivity index (χ2n) is 5.42. The first-order valence-electron chi connectivity index (χ1n) is 7.18. The number of fused-ring (bicyclic) bond motifs is 1. The molecule has 124 valence electrons. The number of nitrogens with one attached hydrogen (secondary N) is 2. The third-order valence-corrected chi connectivity index (χ3v) is 3.93. The average molecular weight is 347 g/mol. The zero-order valence-electron chi connectivity index (χ0n) is 13.1. The van der Waals surface area contributed by atoms with Crippen LogP contribution >= 0.6 is 11.6 Å². The predicted molar refractivity (Wildman–Crippen MR) is 90.7 cm³/mol. The molecule has 2 N–H and O–H groups in total. The lowest BCUT2D eigenvalue weighted by molar-refractivity contribution is -0.143. The molecule has 0 saturated heterocycles. The van der Waals surface area contributed by atoms with Crippen molar-refractivity contribution < 1.29 is 19.1 Å². The molecule has 2 aromatic carbocycles. The molecule has 2 amide bonds. The minimum atomic E-state index is -1.70. The Labute approximate surface area is 143 Å². The number of carbonyl (C=O) groups is 2. The highest BCUT2D eigenvalue weighted by atomic mass is 35.5. The zero-order chi connectivity index (χ0) is 17.3. The van der Waals surface area contributed by atoms with Gasteiger partial charge in [0.25, 0.3) is 17.4 Å². The van der Waals surface area contributed by atoms with Gasteiger partial charge in [0.1, 0.15) is 11.5 Å². The van der Waals surface area contributed by atoms with E-state index in [4.69, 9.17) is 21.1 Å². The van der Waals surface area contributed by atoms with Crippen LogP contribution in [0.2, 0.25) is 5.02 Å². The van der Waals surface area contributed by atoms with Gasteiger partial charge < -0.3 is 20.1 Å². The molecular weight excluding hydrogens is 332 g/mol. The van der Waals surface area contributed by atoms with Gasteiger partial charge in [-0.15, -0.1) is 0 Å². The van der Waals surface area contributed by atoms with Crippen molar-refractivity contribution in [3.05, 3.63) is 47.5 Å². The summed E-state index contributed by atoms with van der Waals surface area (Å²) in [6, 6.07) is 11.6. The van der Waals surface area contributed by atoms with Crippen LogP contribution in [0.5, 0.6) is 11.5 Å². The van der Waals surface area contributed by atoms with Gasteiger partial charge in [-0.3, -0.25) is 9.59 Å². The summed E-state index contributed by atoms with van der Waals surface area (Å²) < 4.78 is 10.8. The number of halogens is 1. The number of benzene rings is 2. The highest BCUT2D eigenvalue weighted by Crippen LogP contribution is 2.36. The quantitative estimate of drug-likeness (QED) is 0.837. The van der Waals surface area contributed by atoms with Gasteiger partial charge in [0.15, 0.2) is 0 Å². The lowest BCUT2D eigenvalue weighted by Gasteiger charge is -2.33. The number of amides is 2. The van der Waals surface area contributed by atoms with E-state index in [1.807, 2.05) is 0 Å². The second-order valence-corrected chi connectivity index (χ2v) is 5.85. The van der Waals surface area contributed by atoms with Crippen molar-refractivity contribution in [3.8, 4) is 11.5 Å². The van der Waals surface area contributed by atoms with Gasteiger partial charge in [0, 0.05) is 16.8 Å². The summed E-state index contributed by atoms with van der Waals surface area (Å²) in [6.07, 6.45) is 0. The van der Waals surface area contributed by atoms with Crippen LogP contribution in [0, 0.1) is 0 Å². The number of hydrogen-bond donors (Lipinski definition) is 2. The predicted octanol–water partition coefficient (Wildman–Crippen LogP) is 3.08. The van der Waals surface area contributed by atoms with Gasteiger partial charge in [0.2, 0.25) is 0 Å². The van der Waals surface area contributed by atoms with Gasteiger partial charge in [-0.2, -0.15) is 0 Å². The topological polar surface area (TPSA) is 76.7 Å². The number of rotatable bonds is 3. The van der Waals surface area contributed by atoms with E-state index in [-0.39, 0.29) is 0 Å². The zero-order valence-corrected chi connectivity index (χ0v) is 13.8. The molecule has 0 aromatic heterocycles. The molecular formula is C17H15ClN2O4. The van der Waals surface area contributed by atoms with Crippen LogP contribution in [0.25, 0.3) is 0 Å². The maximum absolute atomic E-state index is 12.6. The summed E-state index contributed by atoms with van der Waals surface area (Å²) in [7, 11) is 1.53. The summed E-state index contributed by atoms with van der Waals surface area (Å²) in [6.45, 7) is 1.41. The third kappa shape index (κ3) is 2.88. The normalized spacial score (nSPS) is 18.9. The molecule has 0 radical (unpaired) electrons. The Bertz CT molecular complexity index is 824. The molecule has 7 heteroatoms. The van der Waals surface area contributed by atoms with Crippen molar-refractivity contribution in [3.63, 3.8) is 0 Å². The van der Waals surface area contributed by atoms with Crippen LogP contribution in [-0.4, -0.2) is 24.5 Å². The Hall–Kier alpha value is -2.73. The summed E-state index contributed by atoms with van der Waals surface area (Å²) in [5.74, 6) is -0.194. The van der Waals surface area contributed by atoms with Crippen molar-refractivity contribution in [2.45, 2.75) is 12.5 Å². The first-order chi connectivity index (χ1) is 11.4. The molecule has 3 rings (SSSR count). The lowest BCUT2D eigenvalue weighted by atomic mass is 10.0. The van der Waals surface area contributed by atoms with Crippen molar-refractivity contribution >= 4 is 34.8 Å². The molecule has 1 aliphatic rings. The number of carbonyl (C=O) groups excluding carboxylic acids is 2. The van der Waals surface area contributed by atoms with Crippen molar-refractivity contribution in [1.29, 1.82) is 0 Å². The molecule has 0 fully saturated rings. The van der Waals surface area contributed by atoms with E-state index >= 15 is 0 Å². The van der Waals surface area contributed by atoms with Crippen molar-refractivity contribution in [2.24, 2.45) is 0 Å². The Morgan fingerprint density at radius 1 is 1.29 bits per heavy atom. The fourth-order valence-corrected chi connectivity index (χ4v) is 2.47. The summed E-state index contributed by atoms with van der Waals surface area (Å²) in [5.41, 5.74) is -0.776. The van der Waals surface area contributed by atoms with Gasteiger partial charge in [-0.05, 0) is 37.3 Å². The fourth-order valence-electron chi connectivity index (χ4n) is 2.30. The van der Waals surface area contributed by atoms with E-state index in [1.54, 1.807) is 42.5 Å². The van der Waals surface area contributed by atoms with Gasteiger partial charge in [-0.1, -0.05) is 17.7 Å². The maximum atomic E-state index is 12.6. The van der Waals surface area contributed by atoms with Crippen LogP contribution in [-0.2, 0) is 9.59 Å². The van der Waals surface area contributed by atoms with E-state index in [1.165, 1.54) is 14.0 Å². The smallest absolute Gasteiger partial charge is 0.278 e. The highest BCUT2D eigenvalue weighted by molar-refractivity contribution is 6.31. The number of anilines is 2. The standard InChI is InChI=1S/C17H15ClN2O4/c1-17(15(21)19-11-4-3-5-12(9-11)23-2)16(22)20-13-8-10(18)6-7-14(13)24-17/h3-9H,1-2H3,(H,19,21)(H,20,22). The monoisotopic (exact) mass is 346 g/mol. The molecule has 0 saturated carbocycles. The summed E-state index contributed by atoms with van der Waals surface area (Å²) >= 11 is 5.90. The van der Waals surface area contributed by atoms with Crippen LogP contribution in [0.3, 0.4) is 0 Å². The molecule has 0 bridgehead atoms. The summed E-state index contributed by atoms with van der Waals surface area (Å²) in [5, 5.41) is 5.78. The Morgan fingerprint density at radius 2 is 2.08 bits per heavy atom. The van der Waals surface area contributed by atoms with E-state index < -0.39 is 17.4 Å². The third-order valence-electron chi connectivity index (χ3n) is 3.70. The first-order valence-corrected chi connectivity index (χ1v) is 7.56. The van der Waals surface area contributed by atoms with E-state index in [2.05, 4.69) is 10.6 Å². The Kier molecular flexibility index (Phi) is 4.07. The van der Waals surface area contributed by atoms with Crippen LogP contribution < -0.4 is 20.1 Å². The minimum absolute atomic E-state index is 0.377. The molecule has 1 atom stereocenters. The molecule has 2 aromatic rings. The van der Waals surface area contributed by atoms with Crippen molar-refractivity contribution in [2.75, 3.05) is 17.7 Å². The van der Waals surface area contributed by atoms with Gasteiger partial charge in [0.05, 0.1) is 12.8 Å². The molecule has 0 spiro atoms. The van der Waals surface area contributed by atoms with Crippen molar-refractivity contribution in [1.82, 2.24) is 0 Å². The second kappa shape index (κ2) is 6.05. The largest absolute Gasteiger partial charge is 0.497 e. The Morgan fingerprint density at radius 3 is 2.83 bits per heavy atom. The summed E-state index contributed by atoms with van der Waals surface area (Å²) in [4.78, 5) is 25.0. The minimum Gasteiger partial charge on any atom is -0.497 e. The van der Waals surface area contributed by atoms with Crippen LogP contribution in [0.1, 0.15) is 6.92 Å². The number of ether oxygens (including phenoxy) is 2. The van der Waals surface area contributed by atoms with Gasteiger partial charge in [-0.25, -0.2) is 0 Å². The highest BCUT2D eigenvalue weighted by Gasteiger charge is 2.47. The number of methoxy groups -OCH3 is 1. The van der Waals surface area contributed by atoms with E-state index in [0.717, 1.165) is 0 Å². The molecule has 6 nitrogen and oxygen atoms in total. The average Bonchev–Trinajstić information content (AvgIpc) is 2.56. The SMILES string of the molecule is COc1cccc(NC(=O)C2(C)Oc3ccc(Cl)cc3NC2=O)c1. The van der Waals surface area contributed by atoms with Gasteiger partial charge >= 0.3 is 0 Å². The molecule has 1 unspecified atom stereocenters. The fraction of sp³-hybridized carbons (Fsp3) is 0.176. The molecule has 0 aliphatic carbocycles. The molecule has 1 heterocycles. The molecule has 1 aliphatic heterocycles. The van der Waals surface area contributed by atoms with Crippen LogP contribution in [0.4, 0.5) is 11.4 Å². The number of hydrogen-bond acceptors (Lipinski definition) is 4. The van der Waals surface area contributed by atoms with E-state index in [0.29, 0.717) is 27.9 Å². The Balaban J connectivity index is 1.85. The van der Waals surface area contributed by atoms with E-state index in [9.17, 15) is 9.59 Å². The molecule has 24 heavy (non-hydrogen) atoms. The first kappa shape index (κ1) is 16.1. The van der Waals surface area contributed by atoms with Crippen LogP contribution in [0.15, 0.2) is 42.5 Å². The lowest BCUT2D eigenvalue weighted by Crippen LogP contribution is -2.56.